The summed E-state index contributed by atoms with van der Waals surface area (Å²) < 4.78 is 0. The normalized spacial score (nSPS) is 15.0. The second-order valence-electron chi connectivity index (χ2n) is 2.67. The van der Waals surface area contributed by atoms with E-state index in [0.717, 1.165) is 12.0 Å². The molecule has 0 N–H and O–H groups in total. The van der Waals surface area contributed by atoms with Crippen LogP contribution in [0.25, 0.3) is 0 Å². The van der Waals surface area contributed by atoms with Gasteiger partial charge in [-0.2, -0.15) is 0 Å². The van der Waals surface area contributed by atoms with Gasteiger partial charge in [0.15, 0.2) is 0 Å². The predicted octanol–water partition coefficient (Wildman–Crippen LogP) is 2.74. The molecule has 0 amide bonds. The van der Waals surface area contributed by atoms with E-state index in [1.54, 1.807) is 6.92 Å². The van der Waals surface area contributed by atoms with Crippen molar-refractivity contribution in [3.8, 4) is 0 Å². The smallest absolute Gasteiger partial charge is 0.132 e. The maximum atomic E-state index is 10.7. The first kappa shape index (κ1) is 9.70. The molecule has 0 rings (SSSR count). The molecule has 1 unspecified atom stereocenters. The lowest BCUT2D eigenvalue weighted by Crippen LogP contribution is -2.05. The standard InChI is InChI=1S/C8H13ClO/c1-6(5-9)4-7(2)8(3)10/h5,7H,4H2,1-3H3. The third kappa shape index (κ3) is 3.67. The number of carbonyl (C=O) groups is 1. The minimum Gasteiger partial charge on any atom is -0.300 e. The van der Waals surface area contributed by atoms with E-state index >= 15 is 0 Å². The number of halogens is 1. The van der Waals surface area contributed by atoms with Crippen LogP contribution in [0.4, 0.5) is 0 Å². The average Bonchev–Trinajstić information content (AvgIpc) is 1.87. The molecular formula is C8H13ClO. The molecule has 2 heteroatoms. The molecular weight excluding hydrogens is 148 g/mol. The van der Waals surface area contributed by atoms with Crippen molar-refractivity contribution in [2.24, 2.45) is 5.92 Å². The molecule has 0 saturated carbocycles. The van der Waals surface area contributed by atoms with Crippen molar-refractivity contribution >= 4 is 17.4 Å². The highest BCUT2D eigenvalue weighted by Gasteiger charge is 2.06. The van der Waals surface area contributed by atoms with Gasteiger partial charge in [0.05, 0.1) is 0 Å². The monoisotopic (exact) mass is 160 g/mol. The molecule has 1 atom stereocenters. The zero-order chi connectivity index (χ0) is 8.15. The van der Waals surface area contributed by atoms with Gasteiger partial charge in [0.25, 0.3) is 0 Å². The highest BCUT2D eigenvalue weighted by Crippen LogP contribution is 2.11. The van der Waals surface area contributed by atoms with Crippen LogP contribution in [0.2, 0.25) is 0 Å². The molecule has 0 aromatic rings. The van der Waals surface area contributed by atoms with E-state index < -0.39 is 0 Å². The van der Waals surface area contributed by atoms with E-state index in [9.17, 15) is 4.79 Å². The molecule has 10 heavy (non-hydrogen) atoms. The number of ketones is 1. The second kappa shape index (κ2) is 4.51. The number of allylic oxidation sites excluding steroid dienone is 1. The minimum atomic E-state index is 0.106. The molecule has 0 saturated heterocycles. The third-order valence-electron chi connectivity index (χ3n) is 1.51. The maximum absolute atomic E-state index is 10.7. The number of Topliss-reactive ketones (excluding diaryl/α,β-unsaturated/α-hetero) is 1. The Morgan fingerprint density at radius 1 is 1.60 bits per heavy atom. The number of hydrogen-bond donors (Lipinski definition) is 0. The Balaban J connectivity index is 3.80. The molecule has 0 aliphatic heterocycles. The van der Waals surface area contributed by atoms with Gasteiger partial charge in [-0.1, -0.05) is 24.1 Å². The Bertz CT molecular complexity index is 149. The van der Waals surface area contributed by atoms with E-state index in [1.807, 2.05) is 13.8 Å². The van der Waals surface area contributed by atoms with Crippen molar-refractivity contribution in [3.05, 3.63) is 11.1 Å². The van der Waals surface area contributed by atoms with Crippen LogP contribution in [0.15, 0.2) is 11.1 Å². The lowest BCUT2D eigenvalue weighted by atomic mass is 10.00. The Labute approximate surface area is 67.1 Å². The SMILES string of the molecule is CC(=O)C(C)CC(C)=CCl. The summed E-state index contributed by atoms with van der Waals surface area (Å²) in [6.07, 6.45) is 0.777. The van der Waals surface area contributed by atoms with Gasteiger partial charge in [-0.3, -0.25) is 4.79 Å². The average molecular weight is 161 g/mol. The highest BCUT2D eigenvalue weighted by atomic mass is 35.5. The van der Waals surface area contributed by atoms with Crippen LogP contribution in [-0.2, 0) is 4.79 Å². The summed E-state index contributed by atoms with van der Waals surface area (Å²) in [5, 5.41) is 0. The summed E-state index contributed by atoms with van der Waals surface area (Å²) in [4.78, 5) is 10.7. The summed E-state index contributed by atoms with van der Waals surface area (Å²) in [6, 6.07) is 0. The molecule has 58 valence electrons. The summed E-state index contributed by atoms with van der Waals surface area (Å²) in [6.45, 7) is 5.44. The molecule has 0 radical (unpaired) electrons. The zero-order valence-corrected chi connectivity index (χ0v) is 7.40. The number of carbonyl (C=O) groups excluding carboxylic acids is 1. The molecule has 0 aromatic carbocycles. The van der Waals surface area contributed by atoms with Crippen molar-refractivity contribution in [2.75, 3.05) is 0 Å². The minimum absolute atomic E-state index is 0.106. The lowest BCUT2D eigenvalue weighted by Gasteiger charge is -2.05. The van der Waals surface area contributed by atoms with Crippen LogP contribution >= 0.6 is 11.6 Å². The third-order valence-corrected chi connectivity index (χ3v) is 1.88. The molecule has 0 aliphatic carbocycles. The largest absolute Gasteiger partial charge is 0.300 e. The van der Waals surface area contributed by atoms with Crippen LogP contribution in [0.3, 0.4) is 0 Å². The van der Waals surface area contributed by atoms with Gasteiger partial charge in [-0.25, -0.2) is 0 Å². The van der Waals surface area contributed by atoms with Crippen LogP contribution in [0.5, 0.6) is 0 Å². The van der Waals surface area contributed by atoms with E-state index in [1.165, 1.54) is 5.54 Å². The molecule has 0 fully saturated rings. The van der Waals surface area contributed by atoms with Gasteiger partial charge < -0.3 is 0 Å². The van der Waals surface area contributed by atoms with Crippen molar-refractivity contribution in [2.45, 2.75) is 27.2 Å². The Kier molecular flexibility index (Phi) is 4.37. The van der Waals surface area contributed by atoms with Crippen molar-refractivity contribution in [3.63, 3.8) is 0 Å². The fourth-order valence-electron chi connectivity index (χ4n) is 0.671. The molecule has 0 aromatic heterocycles. The van der Waals surface area contributed by atoms with E-state index in [-0.39, 0.29) is 11.7 Å². The predicted molar refractivity (Wildman–Crippen MR) is 44.1 cm³/mol. The van der Waals surface area contributed by atoms with Gasteiger partial charge >= 0.3 is 0 Å². The molecule has 0 bridgehead atoms. The van der Waals surface area contributed by atoms with E-state index in [0.29, 0.717) is 0 Å². The van der Waals surface area contributed by atoms with E-state index in [4.69, 9.17) is 11.6 Å². The number of rotatable bonds is 3. The van der Waals surface area contributed by atoms with Crippen LogP contribution in [-0.4, -0.2) is 5.78 Å². The Hall–Kier alpha value is -0.300. The lowest BCUT2D eigenvalue weighted by molar-refractivity contribution is -0.120. The number of hydrogen-bond acceptors (Lipinski definition) is 1. The molecule has 0 spiro atoms. The Morgan fingerprint density at radius 3 is 2.40 bits per heavy atom. The first-order chi connectivity index (χ1) is 4.57. The summed E-state index contributed by atoms with van der Waals surface area (Å²) in [7, 11) is 0. The van der Waals surface area contributed by atoms with Crippen molar-refractivity contribution < 1.29 is 4.79 Å². The second-order valence-corrected chi connectivity index (χ2v) is 2.89. The van der Waals surface area contributed by atoms with Gasteiger partial charge in [-0.15, -0.1) is 0 Å². The van der Waals surface area contributed by atoms with Crippen molar-refractivity contribution in [1.82, 2.24) is 0 Å². The van der Waals surface area contributed by atoms with Gasteiger partial charge in [-0.05, 0) is 20.3 Å². The van der Waals surface area contributed by atoms with Crippen LogP contribution < -0.4 is 0 Å². The highest BCUT2D eigenvalue weighted by molar-refractivity contribution is 6.25. The fraction of sp³-hybridized carbons (Fsp3) is 0.625. The molecule has 1 nitrogen and oxygen atoms in total. The quantitative estimate of drug-likeness (QED) is 0.621. The van der Waals surface area contributed by atoms with Crippen molar-refractivity contribution in [1.29, 1.82) is 0 Å². The first-order valence-corrected chi connectivity index (χ1v) is 3.78. The summed E-state index contributed by atoms with van der Waals surface area (Å²) >= 11 is 5.43. The van der Waals surface area contributed by atoms with Crippen LogP contribution in [0, 0.1) is 5.92 Å². The Morgan fingerprint density at radius 2 is 2.10 bits per heavy atom. The molecule has 0 aliphatic rings. The van der Waals surface area contributed by atoms with Gasteiger partial charge in [0, 0.05) is 11.5 Å². The zero-order valence-electron chi connectivity index (χ0n) is 6.65. The van der Waals surface area contributed by atoms with E-state index in [2.05, 4.69) is 0 Å². The van der Waals surface area contributed by atoms with Gasteiger partial charge in [0.2, 0.25) is 0 Å². The topological polar surface area (TPSA) is 17.1 Å². The van der Waals surface area contributed by atoms with Crippen LogP contribution in [0.1, 0.15) is 27.2 Å². The first-order valence-electron chi connectivity index (χ1n) is 3.34. The summed E-state index contributed by atoms with van der Waals surface area (Å²) in [5.41, 5.74) is 2.59. The fourth-order valence-corrected chi connectivity index (χ4v) is 0.760. The van der Waals surface area contributed by atoms with Gasteiger partial charge in [0.1, 0.15) is 5.78 Å². The maximum Gasteiger partial charge on any atom is 0.132 e. The molecule has 0 heterocycles. The summed E-state index contributed by atoms with van der Waals surface area (Å²) in [5.74, 6) is 0.327.